The van der Waals surface area contributed by atoms with E-state index in [1.54, 1.807) is 0 Å². The molecule has 1 nitrogen and oxygen atoms in total. The van der Waals surface area contributed by atoms with Crippen molar-refractivity contribution in [2.75, 3.05) is 0 Å². The van der Waals surface area contributed by atoms with Gasteiger partial charge < -0.3 is 5.11 Å². The highest BCUT2D eigenvalue weighted by Gasteiger charge is 2.24. The molecule has 0 saturated heterocycles. The number of phenolic OH excluding ortho intramolecular Hbond substituents is 1. The van der Waals surface area contributed by atoms with Gasteiger partial charge in [0.25, 0.3) is 0 Å². The molecule has 2 aromatic carbocycles. The minimum atomic E-state index is 0.524. The number of rotatable bonds is 3. The van der Waals surface area contributed by atoms with Crippen LogP contribution in [-0.2, 0) is 0 Å². The third-order valence-electron chi connectivity index (χ3n) is 6.87. The van der Waals surface area contributed by atoms with E-state index in [4.69, 9.17) is 0 Å². The zero-order valence-corrected chi connectivity index (χ0v) is 16.6. The van der Waals surface area contributed by atoms with Gasteiger partial charge in [0, 0.05) is 5.56 Å². The molecule has 2 aliphatic carbocycles. The van der Waals surface area contributed by atoms with Crippen molar-refractivity contribution in [3.05, 3.63) is 53.6 Å². The molecule has 2 aliphatic rings. The first-order chi connectivity index (χ1) is 13.3. The van der Waals surface area contributed by atoms with Crippen LogP contribution in [0.3, 0.4) is 0 Å². The van der Waals surface area contributed by atoms with Gasteiger partial charge in [0.2, 0.25) is 0 Å². The van der Waals surface area contributed by atoms with Gasteiger partial charge in [-0.05, 0) is 60.3 Å². The molecule has 27 heavy (non-hydrogen) atoms. The standard InChI is InChI=1S/C26H34O/c27-26-24(21-14-6-2-1-3-7-15-21)18-23(20-12-8-4-9-13-20)19-25(26)22-16-10-5-11-17-22/h5,10-11,16-21,27H,1-4,6-9,12-15H2. The lowest BCUT2D eigenvalue weighted by molar-refractivity contribution is 0.420. The monoisotopic (exact) mass is 362 g/mol. The number of phenols is 1. The van der Waals surface area contributed by atoms with E-state index in [0.29, 0.717) is 17.6 Å². The van der Waals surface area contributed by atoms with Crippen LogP contribution in [-0.4, -0.2) is 5.11 Å². The number of hydrogen-bond donors (Lipinski definition) is 1. The van der Waals surface area contributed by atoms with Crippen molar-refractivity contribution in [2.45, 2.75) is 88.9 Å². The van der Waals surface area contributed by atoms with Crippen LogP contribution >= 0.6 is 0 Å². The second-order valence-corrected chi connectivity index (χ2v) is 8.75. The summed E-state index contributed by atoms with van der Waals surface area (Å²) in [7, 11) is 0. The molecule has 0 unspecified atom stereocenters. The highest BCUT2D eigenvalue weighted by Crippen LogP contribution is 2.44. The lowest BCUT2D eigenvalue weighted by Crippen LogP contribution is -2.08. The van der Waals surface area contributed by atoms with Gasteiger partial charge in [0.1, 0.15) is 5.75 Å². The Labute approximate surface area is 164 Å². The Kier molecular flexibility index (Phi) is 6.17. The first-order valence-corrected chi connectivity index (χ1v) is 11.2. The lowest BCUT2D eigenvalue weighted by Gasteiger charge is -2.27. The summed E-state index contributed by atoms with van der Waals surface area (Å²) in [5, 5.41) is 11.3. The number of hydrogen-bond acceptors (Lipinski definition) is 1. The molecule has 144 valence electrons. The van der Waals surface area contributed by atoms with Crippen LogP contribution in [0.25, 0.3) is 11.1 Å². The van der Waals surface area contributed by atoms with Gasteiger partial charge in [0.15, 0.2) is 0 Å². The van der Waals surface area contributed by atoms with Gasteiger partial charge in [-0.3, -0.25) is 0 Å². The zero-order chi connectivity index (χ0) is 18.5. The Morgan fingerprint density at radius 2 is 1.19 bits per heavy atom. The van der Waals surface area contributed by atoms with Crippen molar-refractivity contribution in [1.29, 1.82) is 0 Å². The highest BCUT2D eigenvalue weighted by molar-refractivity contribution is 5.73. The van der Waals surface area contributed by atoms with Crippen molar-refractivity contribution >= 4 is 0 Å². The molecule has 1 heteroatoms. The molecule has 0 amide bonds. The van der Waals surface area contributed by atoms with Crippen LogP contribution < -0.4 is 0 Å². The molecule has 0 spiro atoms. The predicted octanol–water partition coefficient (Wildman–Crippen LogP) is 7.93. The summed E-state index contributed by atoms with van der Waals surface area (Å²) < 4.78 is 0. The van der Waals surface area contributed by atoms with Gasteiger partial charge >= 0.3 is 0 Å². The molecule has 0 heterocycles. The van der Waals surface area contributed by atoms with Crippen molar-refractivity contribution in [3.8, 4) is 16.9 Å². The Morgan fingerprint density at radius 1 is 0.630 bits per heavy atom. The summed E-state index contributed by atoms with van der Waals surface area (Å²) in [6, 6.07) is 15.2. The number of aromatic hydroxyl groups is 1. The minimum absolute atomic E-state index is 0.524. The Morgan fingerprint density at radius 3 is 1.85 bits per heavy atom. The van der Waals surface area contributed by atoms with E-state index in [-0.39, 0.29) is 0 Å². The van der Waals surface area contributed by atoms with Crippen LogP contribution in [0.2, 0.25) is 0 Å². The van der Waals surface area contributed by atoms with Gasteiger partial charge in [-0.2, -0.15) is 0 Å². The van der Waals surface area contributed by atoms with Gasteiger partial charge in [0.05, 0.1) is 0 Å². The SMILES string of the molecule is Oc1c(-c2ccccc2)cc(C2CCCCC2)cc1C1CCCCCCC1. The summed E-state index contributed by atoms with van der Waals surface area (Å²) >= 11 is 0. The van der Waals surface area contributed by atoms with Crippen LogP contribution in [0.1, 0.15) is 100 Å². The van der Waals surface area contributed by atoms with E-state index < -0.39 is 0 Å². The van der Waals surface area contributed by atoms with E-state index in [1.807, 2.05) is 0 Å². The fourth-order valence-electron chi connectivity index (χ4n) is 5.27. The normalized spacial score (nSPS) is 20.1. The third kappa shape index (κ3) is 4.39. The quantitative estimate of drug-likeness (QED) is 0.587. The molecule has 1 N–H and O–H groups in total. The maximum Gasteiger partial charge on any atom is 0.126 e. The highest BCUT2D eigenvalue weighted by atomic mass is 16.3. The van der Waals surface area contributed by atoms with Crippen molar-refractivity contribution in [2.24, 2.45) is 0 Å². The van der Waals surface area contributed by atoms with Gasteiger partial charge in [-0.25, -0.2) is 0 Å². The Balaban J connectivity index is 1.76. The molecule has 0 aromatic heterocycles. The maximum atomic E-state index is 11.3. The summed E-state index contributed by atoms with van der Waals surface area (Å²) in [5.74, 6) is 1.75. The van der Waals surface area contributed by atoms with E-state index in [0.717, 1.165) is 11.1 Å². The Hall–Kier alpha value is -1.76. The van der Waals surface area contributed by atoms with Gasteiger partial charge in [-0.1, -0.05) is 87.8 Å². The van der Waals surface area contributed by atoms with E-state index in [2.05, 4.69) is 42.5 Å². The zero-order valence-electron chi connectivity index (χ0n) is 16.6. The summed E-state index contributed by atoms with van der Waals surface area (Å²) in [6.07, 6.45) is 15.9. The van der Waals surface area contributed by atoms with Crippen LogP contribution in [0.4, 0.5) is 0 Å². The molecule has 2 aromatic rings. The van der Waals surface area contributed by atoms with Crippen LogP contribution in [0.5, 0.6) is 5.75 Å². The molecule has 2 saturated carbocycles. The van der Waals surface area contributed by atoms with Crippen LogP contribution in [0.15, 0.2) is 42.5 Å². The molecule has 4 rings (SSSR count). The fourth-order valence-corrected chi connectivity index (χ4v) is 5.27. The average molecular weight is 363 g/mol. The van der Waals surface area contributed by atoms with Crippen molar-refractivity contribution in [1.82, 2.24) is 0 Å². The first-order valence-electron chi connectivity index (χ1n) is 11.2. The molecule has 0 radical (unpaired) electrons. The molecule has 0 aliphatic heterocycles. The first kappa shape index (κ1) is 18.6. The third-order valence-corrected chi connectivity index (χ3v) is 6.87. The smallest absolute Gasteiger partial charge is 0.126 e. The van der Waals surface area contributed by atoms with E-state index >= 15 is 0 Å². The van der Waals surface area contributed by atoms with Crippen LogP contribution in [0, 0.1) is 0 Å². The second-order valence-electron chi connectivity index (χ2n) is 8.75. The topological polar surface area (TPSA) is 20.2 Å². The van der Waals surface area contributed by atoms with Gasteiger partial charge in [-0.15, -0.1) is 0 Å². The summed E-state index contributed by atoms with van der Waals surface area (Å²) in [4.78, 5) is 0. The molecule has 0 atom stereocenters. The number of benzene rings is 2. The molecule has 0 bridgehead atoms. The second kappa shape index (κ2) is 8.95. The molecular formula is C26H34O. The summed E-state index contributed by atoms with van der Waals surface area (Å²) in [5.41, 5.74) is 4.91. The van der Waals surface area contributed by atoms with E-state index in [1.165, 1.54) is 88.2 Å². The van der Waals surface area contributed by atoms with E-state index in [9.17, 15) is 5.11 Å². The largest absolute Gasteiger partial charge is 0.507 e. The molecule has 2 fully saturated rings. The average Bonchev–Trinajstić information content (AvgIpc) is 2.70. The Bertz CT molecular complexity index is 719. The summed E-state index contributed by atoms with van der Waals surface area (Å²) in [6.45, 7) is 0. The maximum absolute atomic E-state index is 11.3. The fraction of sp³-hybridized carbons (Fsp3) is 0.538. The predicted molar refractivity (Wildman–Crippen MR) is 114 cm³/mol. The minimum Gasteiger partial charge on any atom is -0.507 e. The lowest BCUT2D eigenvalue weighted by atomic mass is 9.79. The van der Waals surface area contributed by atoms with Crippen molar-refractivity contribution in [3.63, 3.8) is 0 Å². The van der Waals surface area contributed by atoms with Crippen molar-refractivity contribution < 1.29 is 5.11 Å². The molecular weight excluding hydrogens is 328 g/mol.